The van der Waals surface area contributed by atoms with Gasteiger partial charge in [0, 0.05) is 30.2 Å². The van der Waals surface area contributed by atoms with Gasteiger partial charge in [0.25, 0.3) is 0 Å². The van der Waals surface area contributed by atoms with Crippen molar-refractivity contribution in [1.29, 1.82) is 0 Å². The first-order valence-electron chi connectivity index (χ1n) is 7.77. The monoisotopic (exact) mass is 400 g/mol. The molecule has 1 saturated heterocycles. The number of amides is 1. The summed E-state index contributed by atoms with van der Waals surface area (Å²) in [6.07, 6.45) is 0.150. The van der Waals surface area contributed by atoms with Gasteiger partial charge in [-0.15, -0.1) is 0 Å². The summed E-state index contributed by atoms with van der Waals surface area (Å²) in [6.45, 7) is 0.253. The lowest BCUT2D eigenvalue weighted by Gasteiger charge is -2.17. The van der Waals surface area contributed by atoms with E-state index in [1.807, 2.05) is 0 Å². The van der Waals surface area contributed by atoms with Gasteiger partial charge in [0.2, 0.25) is 15.9 Å². The van der Waals surface area contributed by atoms with Crippen molar-refractivity contribution in [2.45, 2.75) is 11.3 Å². The molecule has 26 heavy (non-hydrogen) atoms. The van der Waals surface area contributed by atoms with Crippen LogP contribution < -0.4 is 9.62 Å². The molecule has 1 heterocycles. The highest BCUT2D eigenvalue weighted by molar-refractivity contribution is 7.89. The van der Waals surface area contributed by atoms with E-state index in [1.165, 1.54) is 4.90 Å². The second kappa shape index (κ2) is 7.30. The Bertz CT molecular complexity index is 936. The Morgan fingerprint density at radius 1 is 1.15 bits per heavy atom. The summed E-state index contributed by atoms with van der Waals surface area (Å²) in [5.74, 6) is -2.32. The van der Waals surface area contributed by atoms with Crippen LogP contribution in [0.5, 0.6) is 0 Å². The van der Waals surface area contributed by atoms with Crippen LogP contribution in [0.3, 0.4) is 0 Å². The SMILES string of the molecule is O=C1C[C@@H](CNS(=O)(=O)c2cc(F)ccc2F)CN1c1ccc(Cl)cc1. The third-order valence-corrected chi connectivity index (χ3v) is 5.78. The molecule has 5 nitrogen and oxygen atoms in total. The standard InChI is InChI=1S/C17H15ClF2N2O3S/c18-12-1-4-14(5-2-12)22-10-11(7-17(22)23)9-21-26(24,25)16-8-13(19)3-6-15(16)20/h1-6,8,11,21H,7,9-10H2/t11-/m0/s1. The van der Waals surface area contributed by atoms with E-state index in [2.05, 4.69) is 4.72 Å². The zero-order chi connectivity index (χ0) is 18.9. The lowest BCUT2D eigenvalue weighted by Crippen LogP contribution is -2.31. The molecule has 0 aromatic heterocycles. The second-order valence-corrected chi connectivity index (χ2v) is 8.15. The fraction of sp³-hybridized carbons (Fsp3) is 0.235. The Hall–Kier alpha value is -2.03. The van der Waals surface area contributed by atoms with E-state index in [9.17, 15) is 22.0 Å². The Balaban J connectivity index is 1.68. The predicted molar refractivity (Wildman–Crippen MR) is 93.5 cm³/mol. The van der Waals surface area contributed by atoms with Gasteiger partial charge in [0.1, 0.15) is 16.5 Å². The molecule has 1 aliphatic heterocycles. The van der Waals surface area contributed by atoms with Crippen molar-refractivity contribution in [3.05, 3.63) is 59.1 Å². The number of hydrogen-bond acceptors (Lipinski definition) is 3. The van der Waals surface area contributed by atoms with Crippen LogP contribution in [0.4, 0.5) is 14.5 Å². The Morgan fingerprint density at radius 3 is 2.54 bits per heavy atom. The summed E-state index contributed by atoms with van der Waals surface area (Å²) >= 11 is 5.83. The third-order valence-electron chi connectivity index (χ3n) is 4.09. The van der Waals surface area contributed by atoms with Crippen molar-refractivity contribution < 1.29 is 22.0 Å². The Morgan fingerprint density at radius 2 is 1.85 bits per heavy atom. The van der Waals surface area contributed by atoms with Gasteiger partial charge in [-0.25, -0.2) is 21.9 Å². The van der Waals surface area contributed by atoms with Gasteiger partial charge >= 0.3 is 0 Å². The van der Waals surface area contributed by atoms with Crippen LogP contribution in [0.1, 0.15) is 6.42 Å². The zero-order valence-electron chi connectivity index (χ0n) is 13.5. The number of rotatable bonds is 5. The van der Waals surface area contributed by atoms with Crippen LogP contribution in [0.15, 0.2) is 47.4 Å². The lowest BCUT2D eigenvalue weighted by atomic mass is 10.1. The number of benzene rings is 2. The van der Waals surface area contributed by atoms with Crippen molar-refractivity contribution in [1.82, 2.24) is 4.72 Å². The van der Waals surface area contributed by atoms with E-state index in [0.29, 0.717) is 23.3 Å². The topological polar surface area (TPSA) is 66.5 Å². The fourth-order valence-corrected chi connectivity index (χ4v) is 4.11. The molecule has 1 atom stereocenters. The number of anilines is 1. The van der Waals surface area contributed by atoms with E-state index in [4.69, 9.17) is 11.6 Å². The second-order valence-electron chi connectivity index (χ2n) is 5.98. The van der Waals surface area contributed by atoms with Crippen LogP contribution in [-0.2, 0) is 14.8 Å². The molecule has 1 aliphatic rings. The maximum atomic E-state index is 13.7. The molecule has 0 radical (unpaired) electrons. The largest absolute Gasteiger partial charge is 0.312 e. The van der Waals surface area contributed by atoms with Gasteiger partial charge in [-0.1, -0.05) is 11.6 Å². The molecule has 1 N–H and O–H groups in total. The molecule has 9 heteroatoms. The van der Waals surface area contributed by atoms with Crippen molar-refractivity contribution in [3.63, 3.8) is 0 Å². The van der Waals surface area contributed by atoms with Gasteiger partial charge in [-0.2, -0.15) is 0 Å². The molecule has 2 aromatic carbocycles. The van der Waals surface area contributed by atoms with Crippen LogP contribution in [0, 0.1) is 17.6 Å². The van der Waals surface area contributed by atoms with E-state index >= 15 is 0 Å². The Labute approximate surface area is 154 Å². The number of halogens is 3. The van der Waals surface area contributed by atoms with Gasteiger partial charge in [-0.3, -0.25) is 4.79 Å². The third kappa shape index (κ3) is 4.03. The quantitative estimate of drug-likeness (QED) is 0.839. The molecular weight excluding hydrogens is 386 g/mol. The maximum absolute atomic E-state index is 13.7. The normalized spacial score (nSPS) is 17.7. The molecular formula is C17H15ClF2N2O3S. The van der Waals surface area contributed by atoms with Crippen molar-refractivity contribution in [2.24, 2.45) is 5.92 Å². The first-order valence-corrected chi connectivity index (χ1v) is 9.63. The first-order chi connectivity index (χ1) is 12.3. The predicted octanol–water partition coefficient (Wildman–Crippen LogP) is 2.95. The highest BCUT2D eigenvalue weighted by atomic mass is 35.5. The van der Waals surface area contributed by atoms with Gasteiger partial charge < -0.3 is 4.90 Å². The summed E-state index contributed by atoms with van der Waals surface area (Å²) in [7, 11) is -4.22. The number of nitrogens with zero attached hydrogens (tertiary/aromatic N) is 1. The van der Waals surface area contributed by atoms with E-state index < -0.39 is 26.6 Å². The highest BCUT2D eigenvalue weighted by Gasteiger charge is 2.32. The molecule has 1 amide bonds. The number of nitrogens with one attached hydrogen (secondary N) is 1. The smallest absolute Gasteiger partial charge is 0.243 e. The lowest BCUT2D eigenvalue weighted by molar-refractivity contribution is -0.117. The average molecular weight is 401 g/mol. The molecule has 0 aliphatic carbocycles. The van der Waals surface area contributed by atoms with Crippen LogP contribution in [0.25, 0.3) is 0 Å². The Kier molecular flexibility index (Phi) is 5.27. The highest BCUT2D eigenvalue weighted by Crippen LogP contribution is 2.26. The summed E-state index contributed by atoms with van der Waals surface area (Å²) in [5, 5.41) is 0.543. The van der Waals surface area contributed by atoms with Gasteiger partial charge in [0.05, 0.1) is 0 Å². The number of carbonyl (C=O) groups is 1. The van der Waals surface area contributed by atoms with Crippen LogP contribution in [-0.4, -0.2) is 27.4 Å². The van der Waals surface area contributed by atoms with Crippen LogP contribution in [0.2, 0.25) is 5.02 Å². The molecule has 0 saturated carbocycles. The molecule has 138 valence electrons. The summed E-state index contributed by atoms with van der Waals surface area (Å²) < 4.78 is 53.6. The molecule has 1 fully saturated rings. The zero-order valence-corrected chi connectivity index (χ0v) is 15.0. The van der Waals surface area contributed by atoms with Gasteiger partial charge in [0.15, 0.2) is 0 Å². The summed E-state index contributed by atoms with van der Waals surface area (Å²) in [4.78, 5) is 13.0. The number of sulfonamides is 1. The van der Waals surface area contributed by atoms with E-state index in [0.717, 1.165) is 12.1 Å². The minimum absolute atomic E-state index is 0.0614. The fourth-order valence-electron chi connectivity index (χ4n) is 2.78. The molecule has 0 unspecified atom stereocenters. The van der Waals surface area contributed by atoms with E-state index in [-0.39, 0.29) is 24.8 Å². The van der Waals surface area contributed by atoms with E-state index in [1.54, 1.807) is 24.3 Å². The van der Waals surface area contributed by atoms with Crippen molar-refractivity contribution in [3.8, 4) is 0 Å². The molecule has 3 rings (SSSR count). The molecule has 2 aromatic rings. The number of hydrogen-bond donors (Lipinski definition) is 1. The van der Waals surface area contributed by atoms with Gasteiger partial charge in [-0.05, 0) is 48.4 Å². The maximum Gasteiger partial charge on any atom is 0.243 e. The molecule has 0 spiro atoms. The van der Waals surface area contributed by atoms with Crippen molar-refractivity contribution >= 4 is 33.2 Å². The minimum atomic E-state index is -4.22. The molecule has 0 bridgehead atoms. The first kappa shape index (κ1) is 18.8. The van der Waals surface area contributed by atoms with Crippen molar-refractivity contribution in [2.75, 3.05) is 18.0 Å². The number of carbonyl (C=O) groups excluding carboxylic acids is 1. The average Bonchev–Trinajstić information content (AvgIpc) is 2.97. The van der Waals surface area contributed by atoms with Crippen LogP contribution >= 0.6 is 11.6 Å². The minimum Gasteiger partial charge on any atom is -0.312 e. The summed E-state index contributed by atoms with van der Waals surface area (Å²) in [5.41, 5.74) is 0.668. The summed E-state index contributed by atoms with van der Waals surface area (Å²) in [6, 6.07) is 8.94.